The Kier molecular flexibility index (Phi) is 8.46. The summed E-state index contributed by atoms with van der Waals surface area (Å²) in [6.07, 6.45) is 0.731. The van der Waals surface area contributed by atoms with E-state index in [2.05, 4.69) is 5.32 Å². The quantitative estimate of drug-likeness (QED) is 0.477. The Morgan fingerprint density at radius 3 is 2.13 bits per heavy atom. The molecule has 1 fully saturated rings. The number of carbonyl (C=O) groups excluding carboxylic acids is 3. The van der Waals surface area contributed by atoms with E-state index in [1.807, 2.05) is 81.4 Å². The number of carbonyl (C=O) groups is 3. The van der Waals surface area contributed by atoms with Gasteiger partial charge in [0.05, 0.1) is 10.6 Å². The van der Waals surface area contributed by atoms with Crippen molar-refractivity contribution in [1.29, 1.82) is 0 Å². The summed E-state index contributed by atoms with van der Waals surface area (Å²) in [5.74, 6) is -0.537. The minimum Gasteiger partial charge on any atom is -0.444 e. The topological polar surface area (TPSA) is 91.8 Å². The summed E-state index contributed by atoms with van der Waals surface area (Å²) in [7, 11) is 1.56. The number of ether oxygens (including phenoxy) is 1. The Bertz CT molecular complexity index is 1210. The third-order valence-corrected chi connectivity index (χ3v) is 7.40. The van der Waals surface area contributed by atoms with Gasteiger partial charge in [-0.05, 0) is 39.2 Å². The molecule has 0 radical (unpaired) electrons. The van der Waals surface area contributed by atoms with Crippen LogP contribution in [0.15, 0.2) is 60.7 Å². The van der Waals surface area contributed by atoms with Crippen molar-refractivity contribution in [2.75, 3.05) is 26.7 Å². The average molecular weight is 535 g/mol. The summed E-state index contributed by atoms with van der Waals surface area (Å²) in [6, 6.07) is 19.5. The first kappa shape index (κ1) is 27.3. The fourth-order valence-electron chi connectivity index (χ4n) is 4.40. The zero-order valence-corrected chi connectivity index (χ0v) is 23.1. The summed E-state index contributed by atoms with van der Waals surface area (Å²) >= 11 is 1.34. The van der Waals surface area contributed by atoms with E-state index >= 15 is 0 Å². The van der Waals surface area contributed by atoms with Crippen LogP contribution in [0.1, 0.15) is 43.4 Å². The second-order valence-corrected chi connectivity index (χ2v) is 11.2. The Hall–Kier alpha value is -3.72. The van der Waals surface area contributed by atoms with Crippen LogP contribution in [0.5, 0.6) is 0 Å². The van der Waals surface area contributed by atoms with Gasteiger partial charge in [-0.15, -0.1) is 11.3 Å². The van der Waals surface area contributed by atoms with E-state index in [4.69, 9.17) is 9.72 Å². The highest BCUT2D eigenvalue weighted by atomic mass is 32.1. The maximum Gasteiger partial charge on any atom is 0.410 e. The van der Waals surface area contributed by atoms with E-state index in [-0.39, 0.29) is 30.5 Å². The molecule has 0 bridgehead atoms. The number of thiazole rings is 1. The van der Waals surface area contributed by atoms with Crippen LogP contribution in [0, 0.1) is 0 Å². The fourth-order valence-corrected chi connectivity index (χ4v) is 5.45. The molecule has 1 saturated heterocycles. The summed E-state index contributed by atoms with van der Waals surface area (Å²) < 4.78 is 5.51. The van der Waals surface area contributed by atoms with E-state index in [0.717, 1.165) is 21.7 Å². The minimum atomic E-state index is -0.576. The Morgan fingerprint density at radius 2 is 1.58 bits per heavy atom. The van der Waals surface area contributed by atoms with Gasteiger partial charge in [-0.25, -0.2) is 9.78 Å². The third kappa shape index (κ3) is 6.58. The largest absolute Gasteiger partial charge is 0.444 e. The number of aromatic nitrogens is 1. The molecule has 1 N–H and O–H groups in total. The highest BCUT2D eigenvalue weighted by Gasteiger charge is 2.34. The van der Waals surface area contributed by atoms with Gasteiger partial charge in [-0.2, -0.15) is 0 Å². The first-order valence-electron chi connectivity index (χ1n) is 12.8. The maximum atomic E-state index is 13.9. The smallest absolute Gasteiger partial charge is 0.410 e. The van der Waals surface area contributed by atoms with Gasteiger partial charge in [-0.1, -0.05) is 60.7 Å². The van der Waals surface area contributed by atoms with Crippen molar-refractivity contribution in [3.63, 3.8) is 0 Å². The number of nitrogens with zero attached hydrogens (tertiary/aromatic N) is 3. The zero-order valence-electron chi connectivity index (χ0n) is 22.3. The summed E-state index contributed by atoms with van der Waals surface area (Å²) in [5, 5.41) is 2.96. The lowest BCUT2D eigenvalue weighted by molar-refractivity contribution is -0.122. The van der Waals surface area contributed by atoms with E-state index in [1.54, 1.807) is 16.8 Å². The molecule has 0 aliphatic carbocycles. The van der Waals surface area contributed by atoms with Gasteiger partial charge in [0, 0.05) is 31.7 Å². The maximum absolute atomic E-state index is 13.9. The number of likely N-dealkylation sites (tertiary alicyclic amines) is 1. The van der Waals surface area contributed by atoms with Crippen molar-refractivity contribution in [3.8, 4) is 21.7 Å². The Balaban J connectivity index is 1.61. The molecule has 3 amide bonds. The summed E-state index contributed by atoms with van der Waals surface area (Å²) in [6.45, 7) is 6.32. The number of hydrogen-bond donors (Lipinski definition) is 1. The number of rotatable bonds is 6. The highest BCUT2D eigenvalue weighted by Crippen LogP contribution is 2.37. The van der Waals surface area contributed by atoms with Gasteiger partial charge in [0.25, 0.3) is 5.91 Å². The predicted octanol–water partition coefficient (Wildman–Crippen LogP) is 5.06. The molecule has 0 atom stereocenters. The molecule has 200 valence electrons. The van der Waals surface area contributed by atoms with Crippen molar-refractivity contribution in [1.82, 2.24) is 20.1 Å². The molecule has 2 heterocycles. The van der Waals surface area contributed by atoms with Gasteiger partial charge >= 0.3 is 6.09 Å². The second-order valence-electron chi connectivity index (χ2n) is 10.2. The molecule has 2 aromatic carbocycles. The molecule has 4 rings (SSSR count). The number of benzene rings is 2. The molecular weight excluding hydrogens is 500 g/mol. The second kappa shape index (κ2) is 11.8. The van der Waals surface area contributed by atoms with Crippen LogP contribution >= 0.6 is 11.3 Å². The van der Waals surface area contributed by atoms with Gasteiger partial charge in [0.1, 0.15) is 12.1 Å². The number of piperidine rings is 1. The van der Waals surface area contributed by atoms with Gasteiger partial charge in [0.2, 0.25) is 5.91 Å². The van der Waals surface area contributed by atoms with Crippen LogP contribution in [-0.2, 0) is 9.53 Å². The van der Waals surface area contributed by atoms with Crippen LogP contribution in [0.25, 0.3) is 21.7 Å². The molecule has 1 aromatic heterocycles. The van der Waals surface area contributed by atoms with Gasteiger partial charge in [0.15, 0.2) is 5.01 Å². The first-order valence-corrected chi connectivity index (χ1v) is 13.6. The number of amides is 3. The zero-order chi connectivity index (χ0) is 27.3. The third-order valence-electron chi connectivity index (χ3n) is 6.30. The number of nitrogens with one attached hydrogen (secondary N) is 1. The highest BCUT2D eigenvalue weighted by molar-refractivity contribution is 7.17. The van der Waals surface area contributed by atoms with Crippen LogP contribution < -0.4 is 5.32 Å². The van der Waals surface area contributed by atoms with Crippen LogP contribution in [0.4, 0.5) is 4.79 Å². The Morgan fingerprint density at radius 1 is 1.00 bits per heavy atom. The molecule has 0 unspecified atom stereocenters. The predicted molar refractivity (Wildman–Crippen MR) is 149 cm³/mol. The summed E-state index contributed by atoms with van der Waals surface area (Å²) in [5.41, 5.74) is 2.06. The Labute approximate surface area is 227 Å². The monoisotopic (exact) mass is 534 g/mol. The molecule has 8 nitrogen and oxygen atoms in total. The molecule has 1 aliphatic rings. The van der Waals surface area contributed by atoms with Crippen LogP contribution in [0.3, 0.4) is 0 Å². The van der Waals surface area contributed by atoms with Crippen molar-refractivity contribution < 1.29 is 19.1 Å². The molecule has 0 saturated carbocycles. The lowest BCUT2D eigenvalue weighted by Crippen LogP contribution is -2.52. The first-order chi connectivity index (χ1) is 18.2. The van der Waals surface area contributed by atoms with Crippen molar-refractivity contribution in [2.45, 2.75) is 45.3 Å². The molecule has 38 heavy (non-hydrogen) atoms. The van der Waals surface area contributed by atoms with E-state index < -0.39 is 5.60 Å². The lowest BCUT2D eigenvalue weighted by atomic mass is 10.0. The molecule has 9 heteroatoms. The van der Waals surface area contributed by atoms with Crippen LogP contribution in [0.2, 0.25) is 0 Å². The molecule has 0 spiro atoms. The minimum absolute atomic E-state index is 0.0760. The van der Waals surface area contributed by atoms with E-state index in [0.29, 0.717) is 30.9 Å². The SMILES string of the molecule is CNC(=O)CN(C(=O)c1nc(-c2ccccc2)c(-c2ccccc2)s1)C1CCN(C(=O)OC(C)(C)C)CC1. The van der Waals surface area contributed by atoms with E-state index in [1.165, 1.54) is 11.3 Å². The summed E-state index contributed by atoms with van der Waals surface area (Å²) in [4.78, 5) is 47.9. The molecular formula is C29H34N4O4S. The number of hydrogen-bond acceptors (Lipinski definition) is 6. The van der Waals surface area contributed by atoms with Crippen molar-refractivity contribution >= 4 is 29.2 Å². The van der Waals surface area contributed by atoms with Crippen molar-refractivity contribution in [3.05, 3.63) is 65.7 Å². The molecule has 3 aromatic rings. The normalized spacial score (nSPS) is 14.2. The number of likely N-dealkylation sites (N-methyl/N-ethyl adjacent to an activating group) is 1. The molecule has 1 aliphatic heterocycles. The van der Waals surface area contributed by atoms with Gasteiger partial charge < -0.3 is 19.9 Å². The average Bonchev–Trinajstić information content (AvgIpc) is 3.37. The van der Waals surface area contributed by atoms with Gasteiger partial charge in [-0.3, -0.25) is 9.59 Å². The van der Waals surface area contributed by atoms with Crippen LogP contribution in [-0.4, -0.2) is 71.0 Å². The van der Waals surface area contributed by atoms with E-state index in [9.17, 15) is 14.4 Å². The fraction of sp³-hybridized carbons (Fsp3) is 0.379. The lowest BCUT2D eigenvalue weighted by Gasteiger charge is -2.38. The standard InChI is InChI=1S/C29H34N4O4S/c1-29(2,3)37-28(36)32-17-15-22(16-18-32)33(19-23(34)30-4)27(35)26-31-24(20-11-7-5-8-12-20)25(38-26)21-13-9-6-10-14-21/h5-14,22H,15-19H2,1-4H3,(H,30,34). The van der Waals surface area contributed by atoms with Crippen molar-refractivity contribution in [2.24, 2.45) is 0 Å².